The molecule has 1 aliphatic heterocycles. The largest absolute Gasteiger partial charge is 0.303 e. The van der Waals surface area contributed by atoms with Crippen molar-refractivity contribution in [2.45, 2.75) is 73.9 Å². The summed E-state index contributed by atoms with van der Waals surface area (Å²) in [4.78, 5) is 3.14. The topological polar surface area (TPSA) is 37.4 Å². The zero-order valence-corrected chi connectivity index (χ0v) is 16.7. The molecule has 3 nitrogen and oxygen atoms in total. The predicted octanol–water partition coefficient (Wildman–Crippen LogP) is 4.68. The lowest BCUT2D eigenvalue weighted by molar-refractivity contribution is 0.0842. The molecule has 4 heteroatoms. The van der Waals surface area contributed by atoms with Gasteiger partial charge in [-0.1, -0.05) is 43.9 Å². The highest BCUT2D eigenvalue weighted by atomic mass is 32.2. The molecule has 1 saturated heterocycles. The molecule has 0 N–H and O–H groups in total. The summed E-state index contributed by atoms with van der Waals surface area (Å²) in [7, 11) is -3.20. The number of piperidine rings is 1. The normalized spacial score (nSPS) is 28.9. The van der Waals surface area contributed by atoms with Gasteiger partial charge in [0.05, 0.1) is 9.64 Å². The van der Waals surface area contributed by atoms with Crippen LogP contribution < -0.4 is 0 Å². The first-order chi connectivity index (χ1) is 12.6. The Balaban J connectivity index is 1.34. The van der Waals surface area contributed by atoms with Gasteiger partial charge in [-0.05, 0) is 75.6 Å². The molecule has 3 fully saturated rings. The van der Waals surface area contributed by atoms with Crippen molar-refractivity contribution in [3.05, 3.63) is 30.3 Å². The van der Waals surface area contributed by atoms with Gasteiger partial charge < -0.3 is 4.90 Å². The quantitative estimate of drug-likeness (QED) is 0.725. The van der Waals surface area contributed by atoms with Crippen LogP contribution in [0.25, 0.3) is 0 Å². The summed E-state index contributed by atoms with van der Waals surface area (Å²) in [5, 5.41) is 0. The highest BCUT2D eigenvalue weighted by Crippen LogP contribution is 2.46. The van der Waals surface area contributed by atoms with Gasteiger partial charge in [-0.2, -0.15) is 0 Å². The van der Waals surface area contributed by atoms with E-state index in [-0.39, 0.29) is 0 Å². The Morgan fingerprint density at radius 1 is 0.962 bits per heavy atom. The summed E-state index contributed by atoms with van der Waals surface area (Å²) in [6.45, 7) is 3.55. The van der Waals surface area contributed by atoms with Crippen molar-refractivity contribution in [3.8, 4) is 0 Å². The van der Waals surface area contributed by atoms with Gasteiger partial charge in [0.2, 0.25) is 0 Å². The minimum absolute atomic E-state index is 0.489. The van der Waals surface area contributed by atoms with Crippen LogP contribution in [0.2, 0.25) is 0 Å². The molecule has 0 aromatic heterocycles. The van der Waals surface area contributed by atoms with Gasteiger partial charge in [-0.25, -0.2) is 8.42 Å². The number of fused-ring (bicyclic) bond motifs is 1. The van der Waals surface area contributed by atoms with Crippen molar-refractivity contribution in [2.75, 3.05) is 19.6 Å². The highest BCUT2D eigenvalue weighted by Gasteiger charge is 2.48. The number of sulfone groups is 1. The Hall–Kier alpha value is -0.870. The average molecular weight is 376 g/mol. The molecule has 2 atom stereocenters. The second-order valence-electron chi connectivity index (χ2n) is 8.85. The first kappa shape index (κ1) is 18.5. The molecule has 1 aromatic carbocycles. The molecule has 0 spiro atoms. The fourth-order valence-electron chi connectivity index (χ4n) is 5.58. The van der Waals surface area contributed by atoms with Crippen LogP contribution in [0.4, 0.5) is 0 Å². The molecule has 0 amide bonds. The van der Waals surface area contributed by atoms with Gasteiger partial charge in [-0.15, -0.1) is 0 Å². The highest BCUT2D eigenvalue weighted by molar-refractivity contribution is 7.93. The van der Waals surface area contributed by atoms with E-state index in [0.717, 1.165) is 50.5 Å². The summed E-state index contributed by atoms with van der Waals surface area (Å²) in [6, 6.07) is 9.11. The molecular formula is C22H33NO2S. The molecule has 2 saturated carbocycles. The lowest BCUT2D eigenvalue weighted by atomic mass is 9.75. The molecule has 2 aliphatic carbocycles. The standard InChI is InChI=1S/C22H33NO2S/c24-26(25,21-10-2-1-3-11-21)22(13-6-14-22)15-7-16-23-17-12-19-8-4-5-9-20(19)18-23/h1-3,10-11,19-20H,4-9,12-18H2. The first-order valence-electron chi connectivity index (χ1n) is 10.6. The fraction of sp³-hybridized carbons (Fsp3) is 0.727. The van der Waals surface area contributed by atoms with Crippen LogP contribution in [-0.4, -0.2) is 37.7 Å². The second kappa shape index (κ2) is 7.63. The lowest BCUT2D eigenvalue weighted by Crippen LogP contribution is -2.46. The Morgan fingerprint density at radius 2 is 1.69 bits per heavy atom. The summed E-state index contributed by atoms with van der Waals surface area (Å²) < 4.78 is 25.9. The van der Waals surface area contributed by atoms with Crippen LogP contribution in [0.15, 0.2) is 35.2 Å². The van der Waals surface area contributed by atoms with Crippen LogP contribution >= 0.6 is 0 Å². The van der Waals surface area contributed by atoms with Crippen molar-refractivity contribution in [2.24, 2.45) is 11.8 Å². The van der Waals surface area contributed by atoms with E-state index in [1.807, 2.05) is 18.2 Å². The van der Waals surface area contributed by atoms with E-state index in [1.54, 1.807) is 12.1 Å². The molecule has 3 aliphatic rings. The van der Waals surface area contributed by atoms with E-state index < -0.39 is 14.6 Å². The molecule has 1 aromatic rings. The van der Waals surface area contributed by atoms with Gasteiger partial charge in [0.1, 0.15) is 0 Å². The van der Waals surface area contributed by atoms with E-state index in [9.17, 15) is 8.42 Å². The zero-order valence-electron chi connectivity index (χ0n) is 15.9. The molecule has 1 heterocycles. The minimum Gasteiger partial charge on any atom is -0.303 e. The SMILES string of the molecule is O=S(=O)(c1ccccc1)C1(CCCN2CCC3CCCCC3C2)CCC1. The lowest BCUT2D eigenvalue weighted by Gasteiger charge is -2.43. The minimum atomic E-state index is -3.20. The molecule has 4 rings (SSSR count). The van der Waals surface area contributed by atoms with Crippen molar-refractivity contribution < 1.29 is 8.42 Å². The van der Waals surface area contributed by atoms with E-state index in [1.165, 1.54) is 45.2 Å². The maximum atomic E-state index is 13.2. The Kier molecular flexibility index (Phi) is 5.43. The zero-order chi connectivity index (χ0) is 18.0. The van der Waals surface area contributed by atoms with E-state index in [2.05, 4.69) is 4.90 Å². The smallest absolute Gasteiger partial charge is 0.184 e. The van der Waals surface area contributed by atoms with Gasteiger partial charge in [0.25, 0.3) is 0 Å². The Labute approximate surface area is 159 Å². The molecular weight excluding hydrogens is 342 g/mol. The number of rotatable bonds is 6. The van der Waals surface area contributed by atoms with Crippen LogP contribution in [0, 0.1) is 11.8 Å². The van der Waals surface area contributed by atoms with Gasteiger partial charge in [0.15, 0.2) is 9.84 Å². The molecule has 144 valence electrons. The third-order valence-electron chi connectivity index (χ3n) is 7.37. The summed E-state index contributed by atoms with van der Waals surface area (Å²) in [6.07, 6.45) is 11.6. The summed E-state index contributed by atoms with van der Waals surface area (Å²) in [5.41, 5.74) is 0. The monoisotopic (exact) mass is 375 g/mol. The van der Waals surface area contributed by atoms with Gasteiger partial charge >= 0.3 is 0 Å². The van der Waals surface area contributed by atoms with Gasteiger partial charge in [0, 0.05) is 6.54 Å². The van der Waals surface area contributed by atoms with Gasteiger partial charge in [-0.3, -0.25) is 0 Å². The second-order valence-corrected chi connectivity index (χ2v) is 11.2. The van der Waals surface area contributed by atoms with E-state index in [0.29, 0.717) is 4.90 Å². The molecule has 26 heavy (non-hydrogen) atoms. The van der Waals surface area contributed by atoms with Crippen molar-refractivity contribution >= 4 is 9.84 Å². The van der Waals surface area contributed by atoms with Crippen LogP contribution in [-0.2, 0) is 9.84 Å². The summed E-state index contributed by atoms with van der Waals surface area (Å²) in [5.74, 6) is 1.87. The number of nitrogens with zero attached hydrogens (tertiary/aromatic N) is 1. The Bertz CT molecular complexity index is 696. The fourth-order valence-corrected chi connectivity index (χ4v) is 7.83. The van der Waals surface area contributed by atoms with E-state index in [4.69, 9.17) is 0 Å². The van der Waals surface area contributed by atoms with Crippen molar-refractivity contribution in [3.63, 3.8) is 0 Å². The molecule has 0 radical (unpaired) electrons. The van der Waals surface area contributed by atoms with Crippen molar-refractivity contribution in [1.29, 1.82) is 0 Å². The number of hydrogen-bond donors (Lipinski definition) is 0. The maximum Gasteiger partial charge on any atom is 0.184 e. The average Bonchev–Trinajstić information content (AvgIpc) is 2.64. The van der Waals surface area contributed by atoms with Crippen LogP contribution in [0.3, 0.4) is 0 Å². The number of benzene rings is 1. The third-order valence-corrected chi connectivity index (χ3v) is 10.0. The maximum absolute atomic E-state index is 13.2. The molecule has 0 bridgehead atoms. The molecule has 2 unspecified atom stereocenters. The Morgan fingerprint density at radius 3 is 2.38 bits per heavy atom. The first-order valence-corrected chi connectivity index (χ1v) is 12.1. The summed E-state index contributed by atoms with van der Waals surface area (Å²) >= 11 is 0. The number of likely N-dealkylation sites (tertiary alicyclic amines) is 1. The van der Waals surface area contributed by atoms with Crippen LogP contribution in [0.5, 0.6) is 0 Å². The number of hydrogen-bond acceptors (Lipinski definition) is 3. The predicted molar refractivity (Wildman–Crippen MR) is 106 cm³/mol. The van der Waals surface area contributed by atoms with E-state index >= 15 is 0 Å². The van der Waals surface area contributed by atoms with Crippen molar-refractivity contribution in [1.82, 2.24) is 4.90 Å². The van der Waals surface area contributed by atoms with Crippen LogP contribution in [0.1, 0.15) is 64.2 Å². The third kappa shape index (κ3) is 3.47.